The lowest BCUT2D eigenvalue weighted by molar-refractivity contribution is 0.628. The van der Waals surface area contributed by atoms with Gasteiger partial charge in [0.25, 0.3) is 0 Å². The molecule has 0 saturated heterocycles. The van der Waals surface area contributed by atoms with Gasteiger partial charge in [-0.3, -0.25) is 0 Å². The van der Waals surface area contributed by atoms with Crippen LogP contribution in [0.3, 0.4) is 0 Å². The summed E-state index contributed by atoms with van der Waals surface area (Å²) in [5, 5.41) is 6.84. The van der Waals surface area contributed by atoms with Gasteiger partial charge in [-0.25, -0.2) is 4.39 Å². The van der Waals surface area contributed by atoms with Crippen molar-refractivity contribution in [3.8, 4) is 0 Å². The van der Waals surface area contributed by atoms with Gasteiger partial charge in [-0.15, -0.1) is 5.10 Å². The summed E-state index contributed by atoms with van der Waals surface area (Å²) in [5.41, 5.74) is 10.5. The Balaban J connectivity index is 2.92. The zero-order valence-electron chi connectivity index (χ0n) is 7.11. The van der Waals surface area contributed by atoms with Crippen LogP contribution >= 0.6 is 11.6 Å². The molecule has 0 aliphatic rings. The maximum atomic E-state index is 12.9. The van der Waals surface area contributed by atoms with Gasteiger partial charge in [0.2, 0.25) is 5.96 Å². The molecule has 1 aromatic carbocycles. The first-order valence-corrected chi connectivity index (χ1v) is 4.05. The summed E-state index contributed by atoms with van der Waals surface area (Å²) in [5.74, 6) is -0.686. The number of hydrogen-bond donors (Lipinski definition) is 2. The summed E-state index contributed by atoms with van der Waals surface area (Å²) in [7, 11) is 0. The van der Waals surface area contributed by atoms with Crippen molar-refractivity contribution in [3.05, 3.63) is 34.6 Å². The third kappa shape index (κ3) is 2.70. The molecular formula is C8H8ClFN4. The maximum absolute atomic E-state index is 12.9. The third-order valence-electron chi connectivity index (χ3n) is 1.35. The lowest BCUT2D eigenvalue weighted by atomic mass is 10.2. The van der Waals surface area contributed by atoms with Crippen molar-refractivity contribution in [1.29, 1.82) is 0 Å². The number of nitrogens with zero attached hydrogens (tertiary/aromatic N) is 2. The summed E-state index contributed by atoms with van der Waals surface area (Å²) in [4.78, 5) is 0. The molecule has 0 aliphatic heterocycles. The molecule has 0 amide bonds. The molecule has 1 aromatic rings. The van der Waals surface area contributed by atoms with Gasteiger partial charge < -0.3 is 11.5 Å². The van der Waals surface area contributed by atoms with Gasteiger partial charge in [0, 0.05) is 5.56 Å². The Bertz CT molecular complexity index is 385. The smallest absolute Gasteiger partial charge is 0.211 e. The first kappa shape index (κ1) is 10.5. The van der Waals surface area contributed by atoms with Crippen LogP contribution in [0, 0.1) is 5.82 Å². The van der Waals surface area contributed by atoms with E-state index < -0.39 is 5.82 Å². The molecule has 0 heterocycles. The van der Waals surface area contributed by atoms with Gasteiger partial charge in [-0.1, -0.05) is 23.7 Å². The molecular weight excluding hydrogens is 207 g/mol. The van der Waals surface area contributed by atoms with E-state index in [1.165, 1.54) is 18.3 Å². The molecule has 0 spiro atoms. The van der Waals surface area contributed by atoms with Gasteiger partial charge >= 0.3 is 0 Å². The Labute approximate surface area is 85.1 Å². The van der Waals surface area contributed by atoms with Crippen LogP contribution in [0.2, 0.25) is 5.02 Å². The third-order valence-corrected chi connectivity index (χ3v) is 1.75. The predicted molar refractivity (Wildman–Crippen MR) is 54.8 cm³/mol. The normalized spacial score (nSPS) is 10.4. The van der Waals surface area contributed by atoms with Crippen molar-refractivity contribution in [2.45, 2.75) is 0 Å². The van der Waals surface area contributed by atoms with Crippen LogP contribution in [0.25, 0.3) is 0 Å². The van der Waals surface area contributed by atoms with Crippen LogP contribution < -0.4 is 11.5 Å². The molecule has 0 aliphatic carbocycles. The summed E-state index contributed by atoms with van der Waals surface area (Å²) in [6, 6.07) is 4.36. The molecule has 14 heavy (non-hydrogen) atoms. The minimum absolute atomic E-state index is 0.0120. The van der Waals surface area contributed by atoms with Crippen LogP contribution in [-0.4, -0.2) is 12.2 Å². The molecule has 0 fully saturated rings. The summed E-state index contributed by atoms with van der Waals surface area (Å²) < 4.78 is 12.9. The fraction of sp³-hybridized carbons (Fsp3) is 0. The number of nitrogens with two attached hydrogens (primary N) is 2. The zero-order chi connectivity index (χ0) is 10.6. The van der Waals surface area contributed by atoms with E-state index in [4.69, 9.17) is 23.1 Å². The fourth-order valence-electron chi connectivity index (χ4n) is 0.778. The zero-order valence-corrected chi connectivity index (χ0v) is 7.87. The van der Waals surface area contributed by atoms with Crippen LogP contribution in [0.15, 0.2) is 28.4 Å². The lowest BCUT2D eigenvalue weighted by Gasteiger charge is -1.96. The van der Waals surface area contributed by atoms with Crippen LogP contribution in [0.5, 0.6) is 0 Å². The topological polar surface area (TPSA) is 76.8 Å². The van der Waals surface area contributed by atoms with E-state index in [2.05, 4.69) is 10.2 Å². The number of halogens is 2. The minimum atomic E-state index is -0.514. The summed E-state index contributed by atoms with van der Waals surface area (Å²) in [6.45, 7) is 0. The lowest BCUT2D eigenvalue weighted by Crippen LogP contribution is -2.21. The van der Waals surface area contributed by atoms with E-state index in [-0.39, 0.29) is 11.0 Å². The maximum Gasteiger partial charge on any atom is 0.211 e. The number of rotatable bonds is 2. The molecule has 4 nitrogen and oxygen atoms in total. The van der Waals surface area contributed by atoms with Gasteiger partial charge in [0.15, 0.2) is 0 Å². The van der Waals surface area contributed by atoms with E-state index in [1.807, 2.05) is 0 Å². The molecule has 4 N–H and O–H groups in total. The van der Waals surface area contributed by atoms with Gasteiger partial charge in [0.05, 0.1) is 11.2 Å². The van der Waals surface area contributed by atoms with Gasteiger partial charge in [0.1, 0.15) is 5.82 Å². The highest BCUT2D eigenvalue weighted by Gasteiger charge is 2.02. The molecule has 1 rings (SSSR count). The first-order valence-electron chi connectivity index (χ1n) is 3.67. The molecule has 0 unspecified atom stereocenters. The largest absolute Gasteiger partial charge is 0.369 e. The van der Waals surface area contributed by atoms with E-state index >= 15 is 0 Å². The number of hydrogen-bond acceptors (Lipinski definition) is 2. The van der Waals surface area contributed by atoms with Crippen molar-refractivity contribution in [2.75, 3.05) is 0 Å². The van der Waals surface area contributed by atoms with Gasteiger partial charge in [-0.2, -0.15) is 5.10 Å². The Morgan fingerprint density at radius 3 is 2.79 bits per heavy atom. The second-order valence-corrected chi connectivity index (χ2v) is 2.79. The average molecular weight is 215 g/mol. The van der Waals surface area contributed by atoms with Crippen LogP contribution in [0.1, 0.15) is 5.56 Å². The Kier molecular flexibility index (Phi) is 3.41. The molecule has 0 atom stereocenters. The van der Waals surface area contributed by atoms with Crippen LogP contribution in [0.4, 0.5) is 4.39 Å². The number of guanidine groups is 1. The molecule has 0 bridgehead atoms. The standard InChI is InChI=1S/C8H8ClFN4/c9-7-5(2-1-3-6(7)10)4-13-14-8(11)12/h1-4H,(H4,11,12,14). The fourth-order valence-corrected chi connectivity index (χ4v) is 0.953. The molecule has 0 saturated carbocycles. The van der Waals surface area contributed by atoms with Crippen molar-refractivity contribution in [2.24, 2.45) is 21.7 Å². The van der Waals surface area contributed by atoms with Crippen LogP contribution in [-0.2, 0) is 0 Å². The molecule has 6 heteroatoms. The molecule has 0 aromatic heterocycles. The highest BCUT2D eigenvalue weighted by molar-refractivity contribution is 6.33. The highest BCUT2D eigenvalue weighted by Crippen LogP contribution is 2.17. The molecule has 0 radical (unpaired) electrons. The number of benzene rings is 1. The van der Waals surface area contributed by atoms with Crippen molar-refractivity contribution >= 4 is 23.8 Å². The summed E-state index contributed by atoms with van der Waals surface area (Å²) >= 11 is 5.63. The quantitative estimate of drug-likeness (QED) is 0.439. The van der Waals surface area contributed by atoms with Crippen molar-refractivity contribution in [3.63, 3.8) is 0 Å². The SMILES string of the molecule is NC(N)=NN=Cc1cccc(F)c1Cl. The van der Waals surface area contributed by atoms with Gasteiger partial charge in [-0.05, 0) is 6.07 Å². The monoisotopic (exact) mass is 214 g/mol. The Hall–Kier alpha value is -1.62. The second kappa shape index (κ2) is 4.57. The first-order chi connectivity index (χ1) is 6.61. The summed E-state index contributed by atoms with van der Waals surface area (Å²) in [6.07, 6.45) is 1.27. The van der Waals surface area contributed by atoms with E-state index in [9.17, 15) is 4.39 Å². The van der Waals surface area contributed by atoms with Crippen molar-refractivity contribution < 1.29 is 4.39 Å². The Morgan fingerprint density at radius 2 is 2.14 bits per heavy atom. The second-order valence-electron chi connectivity index (χ2n) is 2.41. The van der Waals surface area contributed by atoms with E-state index in [0.717, 1.165) is 0 Å². The molecule has 74 valence electrons. The minimum Gasteiger partial charge on any atom is -0.369 e. The Morgan fingerprint density at radius 1 is 1.43 bits per heavy atom. The average Bonchev–Trinajstić information content (AvgIpc) is 2.12. The predicted octanol–water partition coefficient (Wildman–Crippen LogP) is 1.09. The highest BCUT2D eigenvalue weighted by atomic mass is 35.5. The van der Waals surface area contributed by atoms with Crippen molar-refractivity contribution in [1.82, 2.24) is 0 Å². The van der Waals surface area contributed by atoms with E-state index in [0.29, 0.717) is 5.56 Å². The van der Waals surface area contributed by atoms with E-state index in [1.54, 1.807) is 6.07 Å².